The zero-order valence-electron chi connectivity index (χ0n) is 14.9. The van der Waals surface area contributed by atoms with Gasteiger partial charge in [-0.1, -0.05) is 12.1 Å². The van der Waals surface area contributed by atoms with Crippen molar-refractivity contribution in [3.8, 4) is 0 Å². The molecule has 1 aliphatic heterocycles. The van der Waals surface area contributed by atoms with Crippen molar-refractivity contribution in [2.24, 2.45) is 0 Å². The fourth-order valence-electron chi connectivity index (χ4n) is 2.81. The monoisotopic (exact) mass is 391 g/mol. The Morgan fingerprint density at radius 2 is 2.15 bits per heavy atom. The third kappa shape index (κ3) is 4.61. The van der Waals surface area contributed by atoms with Crippen molar-refractivity contribution in [3.05, 3.63) is 52.3 Å². The van der Waals surface area contributed by atoms with Gasteiger partial charge in [-0.3, -0.25) is 9.59 Å². The maximum atomic E-state index is 12.7. The number of amides is 1. The van der Waals surface area contributed by atoms with Gasteiger partial charge in [0.15, 0.2) is 5.03 Å². The molecule has 1 aliphatic rings. The fraction of sp³-hybridized carbons (Fsp3) is 0.389. The zero-order valence-corrected chi connectivity index (χ0v) is 15.7. The van der Waals surface area contributed by atoms with Crippen LogP contribution in [0.1, 0.15) is 18.4 Å². The number of nitrogens with one attached hydrogen (secondary N) is 1. The molecule has 0 saturated carbocycles. The molecule has 2 heterocycles. The average Bonchev–Trinajstić information content (AvgIpc) is 3.15. The van der Waals surface area contributed by atoms with Crippen molar-refractivity contribution in [1.29, 1.82) is 0 Å². The Bertz CT molecular complexity index is 994. The number of rotatable bonds is 6. The summed E-state index contributed by atoms with van der Waals surface area (Å²) in [6, 6.07) is 8.67. The lowest BCUT2D eigenvalue weighted by atomic mass is 10.2. The second kappa shape index (κ2) is 8.01. The molecular weight excluding hydrogens is 370 g/mol. The van der Waals surface area contributed by atoms with E-state index in [9.17, 15) is 18.0 Å². The largest absolute Gasteiger partial charge is 0.376 e. The fourth-order valence-corrected chi connectivity index (χ4v) is 4.11. The third-order valence-electron chi connectivity index (χ3n) is 4.26. The SMILES string of the molecule is Cc1cccc(S(=O)(=O)c2ccc(=O)n(CC(=O)NCC3CCCO3)n2)c1. The summed E-state index contributed by atoms with van der Waals surface area (Å²) < 4.78 is 31.8. The molecule has 0 bridgehead atoms. The number of ether oxygens (including phenoxy) is 1. The molecule has 0 spiro atoms. The van der Waals surface area contributed by atoms with Gasteiger partial charge in [-0.25, -0.2) is 13.1 Å². The number of benzene rings is 1. The molecule has 3 rings (SSSR count). The third-order valence-corrected chi connectivity index (χ3v) is 5.90. The smallest absolute Gasteiger partial charge is 0.267 e. The van der Waals surface area contributed by atoms with Gasteiger partial charge >= 0.3 is 0 Å². The molecule has 1 aromatic carbocycles. The summed E-state index contributed by atoms with van der Waals surface area (Å²) in [4.78, 5) is 24.2. The lowest BCUT2D eigenvalue weighted by molar-refractivity contribution is -0.122. The maximum absolute atomic E-state index is 12.7. The minimum atomic E-state index is -3.88. The first kappa shape index (κ1) is 19.2. The first-order valence-corrected chi connectivity index (χ1v) is 10.1. The quantitative estimate of drug-likeness (QED) is 0.776. The van der Waals surface area contributed by atoms with E-state index in [4.69, 9.17) is 4.74 Å². The standard InChI is InChI=1S/C18H21N3O5S/c1-13-4-2-6-15(10-13)27(24,25)17-7-8-18(23)21(20-17)12-16(22)19-11-14-5-3-9-26-14/h2,4,6-8,10,14H,3,5,9,11-12H2,1H3,(H,19,22). The summed E-state index contributed by atoms with van der Waals surface area (Å²) in [6.07, 6.45) is 1.81. The second-order valence-corrected chi connectivity index (χ2v) is 8.32. The molecule has 1 aromatic heterocycles. The van der Waals surface area contributed by atoms with Crippen molar-refractivity contribution in [1.82, 2.24) is 15.1 Å². The van der Waals surface area contributed by atoms with Crippen molar-refractivity contribution >= 4 is 15.7 Å². The summed E-state index contributed by atoms with van der Waals surface area (Å²) >= 11 is 0. The van der Waals surface area contributed by atoms with Gasteiger partial charge in [-0.05, 0) is 43.5 Å². The molecule has 1 N–H and O–H groups in total. The Kier molecular flexibility index (Phi) is 5.71. The van der Waals surface area contributed by atoms with E-state index in [1.165, 1.54) is 12.1 Å². The van der Waals surface area contributed by atoms with E-state index in [1.54, 1.807) is 19.1 Å². The Balaban J connectivity index is 1.77. The van der Waals surface area contributed by atoms with Crippen LogP contribution in [0.2, 0.25) is 0 Å². The lowest BCUT2D eigenvalue weighted by Crippen LogP contribution is -2.37. The molecule has 1 unspecified atom stereocenters. The predicted octanol–water partition coefficient (Wildman–Crippen LogP) is 0.680. The van der Waals surface area contributed by atoms with Gasteiger partial charge in [0, 0.05) is 19.2 Å². The first-order chi connectivity index (χ1) is 12.9. The minimum absolute atomic E-state index is 0.0216. The molecule has 8 nitrogen and oxygen atoms in total. The molecule has 27 heavy (non-hydrogen) atoms. The minimum Gasteiger partial charge on any atom is -0.376 e. The summed E-state index contributed by atoms with van der Waals surface area (Å²) in [5, 5.41) is 6.30. The number of carbonyl (C=O) groups excluding carboxylic acids is 1. The van der Waals surface area contributed by atoms with E-state index in [2.05, 4.69) is 10.4 Å². The van der Waals surface area contributed by atoms with Crippen molar-refractivity contribution < 1.29 is 17.9 Å². The number of nitrogens with zero attached hydrogens (tertiary/aromatic N) is 2. The van der Waals surface area contributed by atoms with E-state index in [0.29, 0.717) is 13.2 Å². The number of carbonyl (C=O) groups is 1. The van der Waals surface area contributed by atoms with Crippen molar-refractivity contribution in [2.75, 3.05) is 13.2 Å². The topological polar surface area (TPSA) is 107 Å². The summed E-state index contributed by atoms with van der Waals surface area (Å²) in [6.45, 7) is 2.46. The normalized spacial score (nSPS) is 17.0. The average molecular weight is 391 g/mol. The number of hydrogen-bond donors (Lipinski definition) is 1. The van der Waals surface area contributed by atoms with Crippen LogP contribution in [0.5, 0.6) is 0 Å². The molecule has 1 atom stereocenters. The number of sulfone groups is 1. The van der Waals surface area contributed by atoms with Crippen molar-refractivity contribution in [3.63, 3.8) is 0 Å². The van der Waals surface area contributed by atoms with E-state index in [1.807, 2.05) is 0 Å². The molecule has 9 heteroatoms. The second-order valence-electron chi connectivity index (χ2n) is 6.43. The van der Waals surface area contributed by atoms with Crippen LogP contribution in [0, 0.1) is 6.92 Å². The summed E-state index contributed by atoms with van der Waals surface area (Å²) in [7, 11) is -3.88. The molecular formula is C18H21N3O5S. The van der Waals surface area contributed by atoms with Crippen LogP contribution in [-0.2, 0) is 25.9 Å². The van der Waals surface area contributed by atoms with Gasteiger partial charge in [0.25, 0.3) is 5.56 Å². The maximum Gasteiger partial charge on any atom is 0.267 e. The van der Waals surface area contributed by atoms with Gasteiger partial charge in [0.05, 0.1) is 11.0 Å². The highest BCUT2D eigenvalue weighted by molar-refractivity contribution is 7.91. The van der Waals surface area contributed by atoms with Crippen LogP contribution in [0.15, 0.2) is 51.1 Å². The Labute approximate surface area is 157 Å². The summed E-state index contributed by atoms with van der Waals surface area (Å²) in [5.41, 5.74) is 0.239. The van der Waals surface area contributed by atoms with E-state index in [-0.39, 0.29) is 22.6 Å². The summed E-state index contributed by atoms with van der Waals surface area (Å²) in [5.74, 6) is -0.426. The van der Waals surface area contributed by atoms with Crippen molar-refractivity contribution in [2.45, 2.75) is 42.3 Å². The highest BCUT2D eigenvalue weighted by Crippen LogP contribution is 2.18. The number of aryl methyl sites for hydroxylation is 1. The van der Waals surface area contributed by atoms with E-state index < -0.39 is 21.3 Å². The van der Waals surface area contributed by atoms with Crippen LogP contribution in [0.4, 0.5) is 0 Å². The number of hydrogen-bond acceptors (Lipinski definition) is 6. The van der Waals surface area contributed by atoms with Gasteiger partial charge in [0.2, 0.25) is 15.7 Å². The van der Waals surface area contributed by atoms with Gasteiger partial charge in [-0.2, -0.15) is 5.10 Å². The van der Waals surface area contributed by atoms with Gasteiger partial charge in [0.1, 0.15) is 6.54 Å². The van der Waals surface area contributed by atoms with Gasteiger partial charge < -0.3 is 10.1 Å². The van der Waals surface area contributed by atoms with Crippen LogP contribution >= 0.6 is 0 Å². The molecule has 144 valence electrons. The lowest BCUT2D eigenvalue weighted by Gasteiger charge is -2.12. The molecule has 2 aromatic rings. The highest BCUT2D eigenvalue weighted by Gasteiger charge is 2.21. The first-order valence-electron chi connectivity index (χ1n) is 8.64. The zero-order chi connectivity index (χ0) is 19.4. The number of aromatic nitrogens is 2. The Morgan fingerprint density at radius 1 is 1.33 bits per heavy atom. The Hall–Kier alpha value is -2.52. The Morgan fingerprint density at radius 3 is 2.85 bits per heavy atom. The highest BCUT2D eigenvalue weighted by atomic mass is 32.2. The molecule has 1 fully saturated rings. The van der Waals surface area contributed by atoms with Gasteiger partial charge in [-0.15, -0.1) is 0 Å². The predicted molar refractivity (Wildman–Crippen MR) is 97.1 cm³/mol. The van der Waals surface area contributed by atoms with Crippen LogP contribution in [0.3, 0.4) is 0 Å². The molecule has 0 radical (unpaired) electrons. The molecule has 1 saturated heterocycles. The van der Waals surface area contributed by atoms with E-state index >= 15 is 0 Å². The van der Waals surface area contributed by atoms with E-state index in [0.717, 1.165) is 35.2 Å². The van der Waals surface area contributed by atoms with Crippen LogP contribution < -0.4 is 10.9 Å². The van der Waals surface area contributed by atoms with Crippen LogP contribution in [0.25, 0.3) is 0 Å². The van der Waals surface area contributed by atoms with Crippen LogP contribution in [-0.4, -0.2) is 43.4 Å². The molecule has 1 amide bonds. The molecule has 0 aliphatic carbocycles.